The summed E-state index contributed by atoms with van der Waals surface area (Å²) in [6.45, 7) is 6.60. The molecule has 0 radical (unpaired) electrons. The number of carbonyl (C=O) groups excluding carboxylic acids is 1. The number of hydrogen-bond donors (Lipinski definition) is 0. The minimum absolute atomic E-state index is 0.0885. The van der Waals surface area contributed by atoms with Crippen LogP contribution in [0.1, 0.15) is 52.9 Å². The summed E-state index contributed by atoms with van der Waals surface area (Å²) in [5.41, 5.74) is -1.06. The zero-order valence-electron chi connectivity index (χ0n) is 14.9. The number of ketones is 1. The Morgan fingerprint density at radius 2 is 1.91 bits per heavy atom. The van der Waals surface area contributed by atoms with Crippen molar-refractivity contribution in [2.45, 2.75) is 52.9 Å². The monoisotopic (exact) mass is 366 g/mol. The lowest BCUT2D eigenvalue weighted by Crippen LogP contribution is -2.42. The van der Waals surface area contributed by atoms with Crippen molar-refractivity contribution in [1.29, 1.82) is 0 Å². The van der Waals surface area contributed by atoms with E-state index in [1.165, 1.54) is 0 Å². The minimum atomic E-state index is -3.82. The molecule has 0 aromatic heterocycles. The lowest BCUT2D eigenvalue weighted by atomic mass is 9.70. The van der Waals surface area contributed by atoms with Crippen LogP contribution in [0.3, 0.4) is 0 Å². The number of hydrogen-bond acceptors (Lipinski definition) is 5. The third-order valence-corrected chi connectivity index (χ3v) is 9.42. The van der Waals surface area contributed by atoms with Crippen LogP contribution in [0.2, 0.25) is 0 Å². The molecule has 0 aliphatic heterocycles. The van der Waals surface area contributed by atoms with E-state index in [1.54, 1.807) is 12.5 Å². The Hall–Kier alpha value is -0.110. The number of carbonyl (C=O) groups is 1. The third kappa shape index (κ3) is 3.62. The lowest BCUT2D eigenvalue weighted by molar-refractivity contribution is -0.128. The van der Waals surface area contributed by atoms with Gasteiger partial charge in [-0.05, 0) is 30.6 Å². The van der Waals surface area contributed by atoms with Gasteiger partial charge in [0.2, 0.25) is 0 Å². The van der Waals surface area contributed by atoms with Crippen molar-refractivity contribution in [2.75, 3.05) is 24.9 Å². The van der Waals surface area contributed by atoms with E-state index < -0.39 is 26.1 Å². The van der Waals surface area contributed by atoms with Gasteiger partial charge < -0.3 is 0 Å². The molecule has 2 aliphatic rings. The molecule has 0 amide bonds. The summed E-state index contributed by atoms with van der Waals surface area (Å²) in [5, 5.41) is 0. The van der Waals surface area contributed by atoms with Crippen LogP contribution >= 0.6 is 10.6 Å². The van der Waals surface area contributed by atoms with E-state index in [4.69, 9.17) is 7.81 Å². The van der Waals surface area contributed by atoms with Gasteiger partial charge in [-0.2, -0.15) is 22.6 Å². The molecule has 2 atom stereocenters. The largest absolute Gasteiger partial charge is 0.299 e. The Labute approximate surface area is 142 Å². The number of Topliss-reactive ketones (excluding diaryl/α,β-unsaturated/α-hetero) is 1. The van der Waals surface area contributed by atoms with Gasteiger partial charge in [-0.1, -0.05) is 27.2 Å². The summed E-state index contributed by atoms with van der Waals surface area (Å²) in [4.78, 5) is 12.5. The molecular weight excluding hydrogens is 336 g/mol. The molecule has 7 heteroatoms. The number of fused-ring (bicyclic) bond motifs is 2. The van der Waals surface area contributed by atoms with Gasteiger partial charge in [0, 0.05) is 18.9 Å². The average molecular weight is 367 g/mol. The highest BCUT2D eigenvalue weighted by atomic mass is 32.3. The van der Waals surface area contributed by atoms with Crippen LogP contribution in [-0.2, 0) is 22.7 Å². The van der Waals surface area contributed by atoms with E-state index in [1.807, 2.05) is 20.8 Å². The Balaban J connectivity index is 2.11. The molecule has 23 heavy (non-hydrogen) atoms. The third-order valence-electron chi connectivity index (χ3n) is 5.69. The minimum Gasteiger partial charge on any atom is -0.299 e. The van der Waals surface area contributed by atoms with E-state index in [0.29, 0.717) is 25.4 Å². The molecule has 2 saturated carbocycles. The fourth-order valence-electron chi connectivity index (χ4n) is 4.11. The maximum absolute atomic E-state index is 12.6. The molecular formula is C16H30O5S2. The van der Waals surface area contributed by atoms with Gasteiger partial charge in [-0.3, -0.25) is 8.98 Å². The number of rotatable bonds is 8. The van der Waals surface area contributed by atoms with Crippen LogP contribution in [0, 0.1) is 16.7 Å². The second-order valence-corrected chi connectivity index (χ2v) is 12.2. The van der Waals surface area contributed by atoms with Crippen molar-refractivity contribution in [3.8, 4) is 0 Å². The Morgan fingerprint density at radius 3 is 2.39 bits per heavy atom. The maximum Gasteiger partial charge on any atom is 0.286 e. The van der Waals surface area contributed by atoms with Crippen LogP contribution in [0.15, 0.2) is 0 Å². The molecule has 0 heterocycles. The van der Waals surface area contributed by atoms with Gasteiger partial charge in [-0.15, -0.1) is 0 Å². The maximum atomic E-state index is 12.6. The summed E-state index contributed by atoms with van der Waals surface area (Å²) in [7, 11) is -5.94. The smallest absolute Gasteiger partial charge is 0.286 e. The van der Waals surface area contributed by atoms with E-state index in [0.717, 1.165) is 19.3 Å². The highest BCUT2D eigenvalue weighted by Crippen LogP contribution is 2.64. The van der Waals surface area contributed by atoms with Gasteiger partial charge in [0.15, 0.2) is 0 Å². The van der Waals surface area contributed by atoms with Gasteiger partial charge in [0.05, 0.1) is 17.8 Å². The van der Waals surface area contributed by atoms with Gasteiger partial charge in [0.25, 0.3) is 10.1 Å². The summed E-state index contributed by atoms with van der Waals surface area (Å²) < 4.78 is 36.3. The van der Waals surface area contributed by atoms with Gasteiger partial charge >= 0.3 is 0 Å². The van der Waals surface area contributed by atoms with Crippen LogP contribution < -0.4 is 0 Å². The molecule has 2 rings (SSSR count). The lowest BCUT2D eigenvalue weighted by Gasteiger charge is -2.38. The SMILES string of the molecule is CCCCOS(C)(C)OS(=O)(=O)CC12CCC(CC1=O)C2(C)C. The molecule has 5 nitrogen and oxygen atoms in total. The summed E-state index contributed by atoms with van der Waals surface area (Å²) in [6.07, 6.45) is 7.32. The predicted molar refractivity (Wildman–Crippen MR) is 93.7 cm³/mol. The summed E-state index contributed by atoms with van der Waals surface area (Å²) in [6, 6.07) is 0. The molecule has 2 unspecified atom stereocenters. The normalized spacial score (nSPS) is 30.8. The Kier molecular flexibility index (Phi) is 5.28. The fourth-order valence-corrected chi connectivity index (χ4v) is 8.25. The predicted octanol–water partition coefficient (Wildman–Crippen LogP) is 3.44. The van der Waals surface area contributed by atoms with Crippen LogP contribution in [0.25, 0.3) is 0 Å². The topological polar surface area (TPSA) is 69.7 Å². The van der Waals surface area contributed by atoms with Crippen LogP contribution in [0.4, 0.5) is 0 Å². The van der Waals surface area contributed by atoms with Crippen molar-refractivity contribution >= 4 is 26.5 Å². The quantitative estimate of drug-likeness (QED) is 0.616. The molecule has 0 aromatic rings. The van der Waals surface area contributed by atoms with E-state index in [-0.39, 0.29) is 17.0 Å². The first kappa shape index (κ1) is 19.2. The van der Waals surface area contributed by atoms with Gasteiger partial charge in [0.1, 0.15) is 5.78 Å². The zero-order valence-corrected chi connectivity index (χ0v) is 16.5. The van der Waals surface area contributed by atoms with E-state index in [9.17, 15) is 13.2 Å². The first-order valence-electron chi connectivity index (χ1n) is 8.30. The van der Waals surface area contributed by atoms with E-state index in [2.05, 4.69) is 0 Å². The van der Waals surface area contributed by atoms with Crippen molar-refractivity contribution in [3.05, 3.63) is 0 Å². The van der Waals surface area contributed by atoms with Crippen LogP contribution in [-0.4, -0.2) is 39.1 Å². The second kappa shape index (κ2) is 6.32. The Morgan fingerprint density at radius 1 is 1.26 bits per heavy atom. The molecule has 2 aliphatic carbocycles. The van der Waals surface area contributed by atoms with E-state index >= 15 is 0 Å². The highest BCUT2D eigenvalue weighted by Gasteiger charge is 2.65. The average Bonchev–Trinajstić information content (AvgIpc) is 2.70. The standard InChI is InChI=1S/C16H30O5S2/c1-6-7-10-20-22(4,5)21-23(18,19)12-16-9-8-13(11-14(16)17)15(16,2)3/h13H,6-12H2,1-5H3. The number of unbranched alkanes of at least 4 members (excludes halogenated alkanes) is 1. The van der Waals surface area contributed by atoms with Crippen LogP contribution in [0.5, 0.6) is 0 Å². The molecule has 136 valence electrons. The first-order chi connectivity index (χ1) is 10.5. The van der Waals surface area contributed by atoms with Gasteiger partial charge in [-0.25, -0.2) is 0 Å². The van der Waals surface area contributed by atoms with Crippen molar-refractivity contribution in [2.24, 2.45) is 16.7 Å². The van der Waals surface area contributed by atoms with Crippen molar-refractivity contribution in [1.82, 2.24) is 0 Å². The summed E-state index contributed by atoms with van der Waals surface area (Å²) >= 11 is 0. The van der Waals surface area contributed by atoms with Crippen molar-refractivity contribution in [3.63, 3.8) is 0 Å². The van der Waals surface area contributed by atoms with Crippen molar-refractivity contribution < 1.29 is 21.0 Å². The molecule has 0 saturated heterocycles. The highest BCUT2D eigenvalue weighted by molar-refractivity contribution is 8.28. The molecule has 0 aromatic carbocycles. The summed E-state index contributed by atoms with van der Waals surface area (Å²) in [5.74, 6) is 0.174. The second-order valence-electron chi connectivity index (χ2n) is 7.76. The molecule has 0 spiro atoms. The Bertz CT molecular complexity index is 567. The molecule has 2 bridgehead atoms. The fraction of sp³-hybridized carbons (Fsp3) is 0.938. The molecule has 2 fully saturated rings. The zero-order chi connectivity index (χ0) is 17.5. The molecule has 0 N–H and O–H groups in total. The first-order valence-corrected chi connectivity index (χ1v) is 12.2.